The molecule has 0 amide bonds. The number of methoxy groups -OCH3 is 2. The van der Waals surface area contributed by atoms with Gasteiger partial charge in [0.2, 0.25) is 6.79 Å². The number of ether oxygens (including phenoxy) is 4. The van der Waals surface area contributed by atoms with Crippen LogP contribution in [0.5, 0.6) is 23.0 Å². The van der Waals surface area contributed by atoms with E-state index in [9.17, 15) is 14.7 Å². The Kier molecular flexibility index (Phi) is 8.13. The Morgan fingerprint density at radius 1 is 0.892 bits per heavy atom. The fourth-order valence-electron chi connectivity index (χ4n) is 4.04. The summed E-state index contributed by atoms with van der Waals surface area (Å²) < 4.78 is 29.8. The van der Waals surface area contributed by atoms with Gasteiger partial charge in [-0.2, -0.15) is 8.75 Å². The molecule has 0 atom stereocenters. The molecule has 0 unspecified atom stereocenters. The number of hydrogen-bond acceptors (Lipinski definition) is 10. The summed E-state index contributed by atoms with van der Waals surface area (Å²) in [7, 11) is 2.95. The zero-order chi connectivity index (χ0) is 25.2. The molecule has 1 aromatic heterocycles. The van der Waals surface area contributed by atoms with Crippen molar-refractivity contribution in [3.8, 4) is 23.0 Å². The molecule has 0 N–H and O–H groups in total. The average Bonchev–Trinajstić information content (AvgIpc) is 3.56. The molecule has 3 aromatic carbocycles. The summed E-state index contributed by atoms with van der Waals surface area (Å²) in [4.78, 5) is 26.4. The van der Waals surface area contributed by atoms with E-state index in [4.69, 9.17) is 18.9 Å². The molecule has 0 bridgehead atoms. The Hall–Kier alpha value is -3.44. The van der Waals surface area contributed by atoms with Crippen LogP contribution >= 0.6 is 11.7 Å². The number of carboxylic acid groups (broad SMARTS) is 1. The van der Waals surface area contributed by atoms with E-state index in [2.05, 4.69) is 8.75 Å². The Bertz CT molecular complexity index is 1530. The van der Waals surface area contributed by atoms with Crippen LogP contribution in [0, 0.1) is 0 Å². The van der Waals surface area contributed by atoms with E-state index < -0.39 is 11.8 Å². The summed E-state index contributed by atoms with van der Waals surface area (Å²) in [5.74, 6) is -0.0911. The number of rotatable bonds is 8. The number of nitrogens with zero attached hydrogens (tertiary/aromatic N) is 2. The van der Waals surface area contributed by atoms with Gasteiger partial charge >= 0.3 is 29.6 Å². The normalized spacial score (nSPS) is 12.5. The molecule has 4 aromatic rings. The van der Waals surface area contributed by atoms with Crippen molar-refractivity contribution in [3.63, 3.8) is 0 Å². The van der Waals surface area contributed by atoms with Crippen molar-refractivity contribution < 1.29 is 63.2 Å². The van der Waals surface area contributed by atoms with Crippen molar-refractivity contribution in [2.24, 2.45) is 0 Å². The predicted molar refractivity (Wildman–Crippen MR) is 129 cm³/mol. The number of Topliss-reactive ketones (excluding diaryl/α,β-unsaturated/α-hetero) is 1. The summed E-state index contributed by atoms with van der Waals surface area (Å²) >= 11 is 1.02. The number of carbonyl (C=O) groups excluding carboxylic acids is 2. The van der Waals surface area contributed by atoms with Crippen molar-refractivity contribution >= 4 is 40.1 Å². The minimum atomic E-state index is -1.48. The van der Waals surface area contributed by atoms with E-state index in [0.717, 1.165) is 11.7 Å². The van der Waals surface area contributed by atoms with Crippen LogP contribution in [-0.4, -0.2) is 41.5 Å². The van der Waals surface area contributed by atoms with E-state index in [1.54, 1.807) is 48.5 Å². The first kappa shape index (κ1) is 26.6. The summed E-state index contributed by atoms with van der Waals surface area (Å²) in [5.41, 5.74) is 2.14. The van der Waals surface area contributed by atoms with Gasteiger partial charge in [-0.3, -0.25) is 4.79 Å². The van der Waals surface area contributed by atoms with Crippen molar-refractivity contribution in [2.45, 2.75) is 6.42 Å². The second kappa shape index (κ2) is 11.3. The Balaban J connectivity index is 0.00000320. The van der Waals surface area contributed by atoms with E-state index in [1.807, 2.05) is 0 Å². The number of carbonyl (C=O) groups is 2. The van der Waals surface area contributed by atoms with Gasteiger partial charge in [0.15, 0.2) is 28.8 Å². The fourth-order valence-corrected chi connectivity index (χ4v) is 4.56. The van der Waals surface area contributed by atoms with Crippen LogP contribution in [0.15, 0.2) is 60.2 Å². The van der Waals surface area contributed by atoms with Crippen LogP contribution < -0.4 is 53.6 Å². The molecule has 37 heavy (non-hydrogen) atoms. The second-order valence-electron chi connectivity index (χ2n) is 7.87. The van der Waals surface area contributed by atoms with Gasteiger partial charge in [0.25, 0.3) is 0 Å². The number of hydrogen-bond donors (Lipinski definition) is 0. The number of aliphatic carboxylic acids is 1. The van der Waals surface area contributed by atoms with Gasteiger partial charge in [-0.05, 0) is 53.6 Å². The predicted octanol–water partition coefficient (Wildman–Crippen LogP) is 0.0703. The molecule has 0 aliphatic carbocycles. The molecule has 0 saturated heterocycles. The molecule has 5 rings (SSSR count). The Morgan fingerprint density at radius 3 is 2.38 bits per heavy atom. The molecule has 2 heterocycles. The largest absolute Gasteiger partial charge is 1.00 e. The zero-order valence-electron chi connectivity index (χ0n) is 20.3. The maximum Gasteiger partial charge on any atom is 1.00 e. The molecule has 1 aliphatic heterocycles. The van der Waals surface area contributed by atoms with Crippen LogP contribution in [0.2, 0.25) is 0 Å². The van der Waals surface area contributed by atoms with Crippen LogP contribution in [0.4, 0.5) is 0 Å². The third kappa shape index (κ3) is 5.33. The topological polar surface area (TPSA) is 120 Å². The van der Waals surface area contributed by atoms with E-state index in [1.165, 1.54) is 20.3 Å². The number of aromatic nitrogens is 2. The number of benzene rings is 3. The van der Waals surface area contributed by atoms with Crippen molar-refractivity contribution in [1.29, 1.82) is 0 Å². The first-order valence-corrected chi connectivity index (χ1v) is 11.5. The zero-order valence-corrected chi connectivity index (χ0v) is 23.1. The van der Waals surface area contributed by atoms with E-state index in [-0.39, 0.29) is 59.5 Å². The van der Waals surface area contributed by atoms with Gasteiger partial charge < -0.3 is 28.8 Å². The first-order valence-electron chi connectivity index (χ1n) is 10.8. The number of carboxylic acids is 1. The average molecular weight is 527 g/mol. The second-order valence-corrected chi connectivity index (χ2v) is 8.40. The van der Waals surface area contributed by atoms with Gasteiger partial charge in [-0.1, -0.05) is 12.1 Å². The van der Waals surface area contributed by atoms with Gasteiger partial charge in [-0.25, -0.2) is 0 Å². The first-order chi connectivity index (χ1) is 17.5. The summed E-state index contributed by atoms with van der Waals surface area (Å²) in [6.07, 6.45) is 0.000480. The van der Waals surface area contributed by atoms with Gasteiger partial charge in [0, 0.05) is 23.1 Å². The smallest absolute Gasteiger partial charge is 0.545 e. The monoisotopic (exact) mass is 526 g/mol. The van der Waals surface area contributed by atoms with Crippen LogP contribution in [-0.2, 0) is 11.2 Å². The van der Waals surface area contributed by atoms with Crippen molar-refractivity contribution in [2.75, 3.05) is 21.0 Å². The minimum Gasteiger partial charge on any atom is -0.545 e. The van der Waals surface area contributed by atoms with Crippen LogP contribution in [0.1, 0.15) is 21.5 Å². The molecule has 9 nitrogen and oxygen atoms in total. The van der Waals surface area contributed by atoms with E-state index in [0.29, 0.717) is 45.2 Å². The number of fused-ring (bicyclic) bond motifs is 2. The number of ketones is 1. The quantitative estimate of drug-likeness (QED) is 0.178. The van der Waals surface area contributed by atoms with Gasteiger partial charge in [-0.15, -0.1) is 0 Å². The summed E-state index contributed by atoms with van der Waals surface area (Å²) in [5, 5.41) is 12.5. The molecular formula is C26H19N2NaO7S. The van der Waals surface area contributed by atoms with Gasteiger partial charge in [0.05, 0.1) is 31.9 Å². The standard InChI is InChI=1S/C26H20N2O7S.Na/c1-32-20-8-5-16(12-22(20)33-2)25(29)17(9-14-3-7-21-23(10-14)35-13-34-21)24(26(30)31)15-4-6-18-19(11-15)28-36-27-18;/h3-8,10-12H,9,13H2,1-2H3,(H,30,31);/q;+1/p-1/b24-17+;. The Labute approximate surface area is 238 Å². The third-order valence-electron chi connectivity index (χ3n) is 5.79. The van der Waals surface area contributed by atoms with E-state index >= 15 is 0 Å². The van der Waals surface area contributed by atoms with Gasteiger partial charge in [0.1, 0.15) is 11.0 Å². The molecule has 0 radical (unpaired) electrons. The molecule has 182 valence electrons. The van der Waals surface area contributed by atoms with Crippen molar-refractivity contribution in [3.05, 3.63) is 76.9 Å². The fraction of sp³-hybridized carbons (Fsp3) is 0.154. The molecule has 11 heteroatoms. The SMILES string of the molecule is COc1ccc(C(=O)/C(Cc2ccc3c(c2)OCO3)=C(/C(=O)[O-])c2ccc3nsnc3c2)cc1OC.[Na+]. The molecule has 0 fully saturated rings. The summed E-state index contributed by atoms with van der Waals surface area (Å²) in [6, 6.07) is 14.7. The maximum atomic E-state index is 13.9. The van der Waals surface area contributed by atoms with Crippen LogP contribution in [0.25, 0.3) is 16.6 Å². The third-order valence-corrected chi connectivity index (χ3v) is 6.34. The molecular weight excluding hydrogens is 507 g/mol. The van der Waals surface area contributed by atoms with Crippen molar-refractivity contribution in [1.82, 2.24) is 8.75 Å². The molecule has 0 saturated carbocycles. The van der Waals surface area contributed by atoms with Crippen LogP contribution in [0.3, 0.4) is 0 Å². The summed E-state index contributed by atoms with van der Waals surface area (Å²) in [6.45, 7) is 0.0953. The molecule has 1 aliphatic rings. The Morgan fingerprint density at radius 2 is 1.62 bits per heavy atom. The minimum absolute atomic E-state index is 0. The number of allylic oxidation sites excluding steroid dienone is 1. The molecule has 0 spiro atoms. The maximum absolute atomic E-state index is 13.9.